The molecule has 4 N–H and O–H groups in total. The molecule has 0 bridgehead atoms. The van der Waals surface area contributed by atoms with Gasteiger partial charge in [0.1, 0.15) is 5.75 Å². The fourth-order valence-electron chi connectivity index (χ4n) is 1.69. The van der Waals surface area contributed by atoms with Crippen LogP contribution in [0.2, 0.25) is 0 Å². The monoisotopic (exact) mass is 266 g/mol. The van der Waals surface area contributed by atoms with Crippen LogP contribution < -0.4 is 16.0 Å². The smallest absolute Gasteiger partial charge is 0.304 e. The average molecular weight is 266 g/mol. The van der Waals surface area contributed by atoms with Crippen LogP contribution in [0.4, 0.5) is 0 Å². The van der Waals surface area contributed by atoms with E-state index in [1.54, 1.807) is 24.3 Å². The van der Waals surface area contributed by atoms with Crippen LogP contribution >= 0.6 is 0 Å². The van der Waals surface area contributed by atoms with Crippen molar-refractivity contribution in [2.75, 3.05) is 0 Å². The predicted molar refractivity (Wildman–Crippen MR) is 69.5 cm³/mol. The zero-order chi connectivity index (χ0) is 14.4. The van der Waals surface area contributed by atoms with Gasteiger partial charge in [0.25, 0.3) is 0 Å². The SMILES string of the molecule is CC(C)Oc1ccc(C(CC(=O)O)C(=O)NN)cc1. The number of aliphatic carboxylic acids is 1. The first kappa shape index (κ1) is 15.0. The lowest BCUT2D eigenvalue weighted by Gasteiger charge is -2.15. The number of nitrogens with one attached hydrogen (secondary N) is 1. The highest BCUT2D eigenvalue weighted by Gasteiger charge is 2.23. The summed E-state index contributed by atoms with van der Waals surface area (Å²) in [6, 6.07) is 6.74. The van der Waals surface area contributed by atoms with Crippen molar-refractivity contribution < 1.29 is 19.4 Å². The van der Waals surface area contributed by atoms with Gasteiger partial charge in [-0.3, -0.25) is 15.0 Å². The lowest BCUT2D eigenvalue weighted by molar-refractivity contribution is -0.139. The van der Waals surface area contributed by atoms with Gasteiger partial charge in [-0.1, -0.05) is 12.1 Å². The lowest BCUT2D eigenvalue weighted by Crippen LogP contribution is -2.35. The first-order valence-electron chi connectivity index (χ1n) is 5.93. The van der Waals surface area contributed by atoms with Gasteiger partial charge in [0.15, 0.2) is 0 Å². The third-order valence-electron chi connectivity index (χ3n) is 2.49. The number of amides is 1. The zero-order valence-electron chi connectivity index (χ0n) is 10.9. The fourth-order valence-corrected chi connectivity index (χ4v) is 1.69. The van der Waals surface area contributed by atoms with Gasteiger partial charge in [0, 0.05) is 0 Å². The summed E-state index contributed by atoms with van der Waals surface area (Å²) < 4.78 is 5.48. The largest absolute Gasteiger partial charge is 0.491 e. The average Bonchev–Trinajstić information content (AvgIpc) is 2.35. The second-order valence-electron chi connectivity index (χ2n) is 4.39. The van der Waals surface area contributed by atoms with E-state index >= 15 is 0 Å². The summed E-state index contributed by atoms with van der Waals surface area (Å²) in [6.07, 6.45) is -0.263. The molecular weight excluding hydrogens is 248 g/mol. The number of hydrogen-bond donors (Lipinski definition) is 3. The van der Waals surface area contributed by atoms with E-state index in [2.05, 4.69) is 0 Å². The van der Waals surface area contributed by atoms with Crippen molar-refractivity contribution in [3.8, 4) is 5.75 Å². The van der Waals surface area contributed by atoms with Crippen LogP contribution in [0.3, 0.4) is 0 Å². The molecule has 0 heterocycles. The number of carbonyl (C=O) groups is 2. The summed E-state index contributed by atoms with van der Waals surface area (Å²) in [4.78, 5) is 22.4. The van der Waals surface area contributed by atoms with E-state index in [1.165, 1.54) is 0 Å². The highest BCUT2D eigenvalue weighted by atomic mass is 16.5. The molecule has 6 heteroatoms. The standard InChI is InChI=1S/C13H18N2O4/c1-8(2)19-10-5-3-9(4-6-10)11(7-12(16)17)13(18)15-14/h3-6,8,11H,7,14H2,1-2H3,(H,15,18)(H,16,17). The normalized spacial score (nSPS) is 12.0. The Bertz CT molecular complexity index is 442. The van der Waals surface area contributed by atoms with Crippen molar-refractivity contribution in [2.24, 2.45) is 5.84 Å². The molecule has 1 aromatic carbocycles. The van der Waals surface area contributed by atoms with Crippen molar-refractivity contribution in [3.63, 3.8) is 0 Å². The molecule has 0 saturated carbocycles. The first-order chi connectivity index (χ1) is 8.93. The minimum Gasteiger partial charge on any atom is -0.491 e. The van der Waals surface area contributed by atoms with Crippen LogP contribution in [0.25, 0.3) is 0 Å². The first-order valence-corrected chi connectivity index (χ1v) is 5.93. The van der Waals surface area contributed by atoms with E-state index < -0.39 is 17.8 Å². The maximum Gasteiger partial charge on any atom is 0.304 e. The molecule has 1 aromatic rings. The number of benzene rings is 1. The molecule has 0 spiro atoms. The molecule has 0 radical (unpaired) electrons. The Kier molecular flexibility index (Phi) is 5.32. The Labute approximate surface area is 111 Å². The number of carboxylic acids is 1. The zero-order valence-corrected chi connectivity index (χ0v) is 10.9. The van der Waals surface area contributed by atoms with Crippen LogP contribution in [0.15, 0.2) is 24.3 Å². The Hall–Kier alpha value is -2.08. The Morgan fingerprint density at radius 2 is 1.89 bits per heavy atom. The number of carboxylic acid groups (broad SMARTS) is 1. The number of hydrazine groups is 1. The minimum atomic E-state index is -1.06. The topological polar surface area (TPSA) is 102 Å². The Morgan fingerprint density at radius 1 is 1.32 bits per heavy atom. The third kappa shape index (κ3) is 4.59. The molecule has 0 aliphatic rings. The van der Waals surface area contributed by atoms with Gasteiger partial charge in [0.2, 0.25) is 5.91 Å². The summed E-state index contributed by atoms with van der Waals surface area (Å²) in [5.41, 5.74) is 2.57. The van der Waals surface area contributed by atoms with Crippen molar-refractivity contribution in [1.29, 1.82) is 0 Å². The molecule has 6 nitrogen and oxygen atoms in total. The van der Waals surface area contributed by atoms with E-state index in [4.69, 9.17) is 15.7 Å². The summed E-state index contributed by atoms with van der Waals surface area (Å²) in [6.45, 7) is 3.81. The molecule has 1 rings (SSSR count). The van der Waals surface area contributed by atoms with E-state index in [1.807, 2.05) is 19.3 Å². The number of carbonyl (C=O) groups excluding carboxylic acids is 1. The number of hydrogen-bond acceptors (Lipinski definition) is 4. The molecular formula is C13H18N2O4. The van der Waals surface area contributed by atoms with Crippen LogP contribution in [-0.4, -0.2) is 23.1 Å². The van der Waals surface area contributed by atoms with Gasteiger partial charge in [0.05, 0.1) is 18.4 Å². The van der Waals surface area contributed by atoms with Crippen molar-refractivity contribution in [2.45, 2.75) is 32.3 Å². The van der Waals surface area contributed by atoms with Gasteiger partial charge < -0.3 is 9.84 Å². The fraction of sp³-hybridized carbons (Fsp3) is 0.385. The van der Waals surface area contributed by atoms with Crippen LogP contribution in [-0.2, 0) is 9.59 Å². The highest BCUT2D eigenvalue weighted by Crippen LogP contribution is 2.23. The second kappa shape index (κ2) is 6.75. The van der Waals surface area contributed by atoms with Gasteiger partial charge in [-0.05, 0) is 31.5 Å². The molecule has 19 heavy (non-hydrogen) atoms. The molecule has 1 unspecified atom stereocenters. The predicted octanol–water partition coefficient (Wildman–Crippen LogP) is 1.02. The van der Waals surface area contributed by atoms with E-state index in [0.717, 1.165) is 0 Å². The van der Waals surface area contributed by atoms with Crippen molar-refractivity contribution in [3.05, 3.63) is 29.8 Å². The molecule has 0 aliphatic carbocycles. The highest BCUT2D eigenvalue weighted by molar-refractivity contribution is 5.87. The lowest BCUT2D eigenvalue weighted by atomic mass is 9.95. The number of nitrogens with two attached hydrogens (primary N) is 1. The summed E-state index contributed by atoms with van der Waals surface area (Å²) in [5.74, 6) is 3.34. The van der Waals surface area contributed by atoms with Crippen molar-refractivity contribution >= 4 is 11.9 Å². The molecule has 1 amide bonds. The molecule has 1 atom stereocenters. The summed E-state index contributed by atoms with van der Waals surface area (Å²) >= 11 is 0. The van der Waals surface area contributed by atoms with E-state index in [9.17, 15) is 9.59 Å². The van der Waals surface area contributed by atoms with Gasteiger partial charge in [-0.25, -0.2) is 5.84 Å². The Balaban J connectivity index is 2.90. The maximum absolute atomic E-state index is 11.6. The van der Waals surface area contributed by atoms with Gasteiger partial charge >= 0.3 is 5.97 Å². The van der Waals surface area contributed by atoms with Crippen LogP contribution in [0.1, 0.15) is 31.7 Å². The second-order valence-corrected chi connectivity index (χ2v) is 4.39. The Morgan fingerprint density at radius 3 is 2.32 bits per heavy atom. The van der Waals surface area contributed by atoms with Crippen LogP contribution in [0, 0.1) is 0 Å². The molecule has 0 aliphatic heterocycles. The molecule has 104 valence electrons. The van der Waals surface area contributed by atoms with E-state index in [0.29, 0.717) is 11.3 Å². The molecule has 0 aromatic heterocycles. The van der Waals surface area contributed by atoms with Gasteiger partial charge in [-0.2, -0.15) is 0 Å². The number of rotatable bonds is 6. The van der Waals surface area contributed by atoms with Crippen LogP contribution in [0.5, 0.6) is 5.75 Å². The molecule has 0 fully saturated rings. The van der Waals surface area contributed by atoms with Gasteiger partial charge in [-0.15, -0.1) is 0 Å². The van der Waals surface area contributed by atoms with E-state index in [-0.39, 0.29) is 12.5 Å². The minimum absolute atomic E-state index is 0.0491. The third-order valence-corrected chi connectivity index (χ3v) is 2.49. The maximum atomic E-state index is 11.6. The summed E-state index contributed by atoms with van der Waals surface area (Å²) in [5, 5.41) is 8.82. The van der Waals surface area contributed by atoms with Crippen molar-refractivity contribution in [1.82, 2.24) is 5.43 Å². The summed E-state index contributed by atoms with van der Waals surface area (Å²) in [7, 11) is 0. The number of ether oxygens (including phenoxy) is 1. The molecule has 0 saturated heterocycles. The quantitative estimate of drug-likeness (QED) is 0.405.